The number of hydrogen-bond donors (Lipinski definition) is 1. The van der Waals surface area contributed by atoms with Crippen molar-refractivity contribution >= 4 is 0 Å². The number of aromatic nitrogens is 2. The summed E-state index contributed by atoms with van der Waals surface area (Å²) in [5, 5.41) is 11.0. The summed E-state index contributed by atoms with van der Waals surface area (Å²) >= 11 is 0. The van der Waals surface area contributed by atoms with Crippen molar-refractivity contribution in [1.82, 2.24) is 20.5 Å². The molecular weight excluding hydrogens is 204 g/mol. The first-order valence-electron chi connectivity index (χ1n) is 5.96. The lowest BCUT2D eigenvalue weighted by molar-refractivity contribution is 0.181. The Morgan fingerprint density at radius 3 is 3.00 bits per heavy atom. The molecule has 1 unspecified atom stereocenters. The van der Waals surface area contributed by atoms with Crippen molar-refractivity contribution in [3.05, 3.63) is 11.4 Å². The zero-order chi connectivity index (χ0) is 11.4. The molecule has 5 nitrogen and oxygen atoms in total. The molecule has 1 aliphatic rings. The van der Waals surface area contributed by atoms with Crippen LogP contribution in [0.3, 0.4) is 0 Å². The van der Waals surface area contributed by atoms with E-state index in [9.17, 15) is 0 Å². The average molecular weight is 224 g/mol. The van der Waals surface area contributed by atoms with Gasteiger partial charge in [0.15, 0.2) is 0 Å². The fourth-order valence-electron chi connectivity index (χ4n) is 2.17. The second kappa shape index (κ2) is 5.41. The number of nitrogens with zero attached hydrogens (tertiary/aromatic N) is 3. The monoisotopic (exact) mass is 224 g/mol. The number of aryl methyl sites for hydroxylation is 1. The predicted octanol–water partition coefficient (Wildman–Crippen LogP) is 0.952. The predicted molar refractivity (Wildman–Crippen MR) is 61.0 cm³/mol. The van der Waals surface area contributed by atoms with Gasteiger partial charge in [-0.3, -0.25) is 0 Å². The van der Waals surface area contributed by atoms with E-state index in [1.807, 2.05) is 6.92 Å². The zero-order valence-corrected chi connectivity index (χ0v) is 10.1. The maximum atomic E-state index is 4.66. The van der Waals surface area contributed by atoms with Gasteiger partial charge in [0.2, 0.25) is 0 Å². The van der Waals surface area contributed by atoms with Gasteiger partial charge in [0, 0.05) is 19.1 Å². The van der Waals surface area contributed by atoms with Crippen LogP contribution in [0, 0.1) is 6.92 Å². The Hall–Kier alpha value is -0.940. The lowest BCUT2D eigenvalue weighted by Crippen LogP contribution is -2.42. The lowest BCUT2D eigenvalue weighted by Gasteiger charge is -2.32. The normalized spacial score (nSPS) is 22.5. The minimum Gasteiger partial charge on any atom is -0.309 e. The Morgan fingerprint density at radius 1 is 1.44 bits per heavy atom. The first-order valence-corrected chi connectivity index (χ1v) is 5.96. The first-order chi connectivity index (χ1) is 7.77. The smallest absolute Gasteiger partial charge is 0.121 e. The van der Waals surface area contributed by atoms with E-state index >= 15 is 0 Å². The summed E-state index contributed by atoms with van der Waals surface area (Å²) in [4.78, 5) is 2.43. The summed E-state index contributed by atoms with van der Waals surface area (Å²) in [5.74, 6) is 0. The summed E-state index contributed by atoms with van der Waals surface area (Å²) < 4.78 is 4.66. The third-order valence-electron chi connectivity index (χ3n) is 3.34. The van der Waals surface area contributed by atoms with Crippen molar-refractivity contribution in [1.29, 1.82) is 0 Å². The molecule has 0 bridgehead atoms. The molecule has 0 aliphatic carbocycles. The molecule has 1 fully saturated rings. The van der Waals surface area contributed by atoms with Crippen molar-refractivity contribution in [3.63, 3.8) is 0 Å². The maximum absolute atomic E-state index is 4.66. The van der Waals surface area contributed by atoms with Gasteiger partial charge in [-0.05, 0) is 33.4 Å². The highest BCUT2D eigenvalue weighted by atomic mass is 16.6. The number of piperidine rings is 1. The van der Waals surface area contributed by atoms with Crippen LogP contribution in [0.4, 0.5) is 0 Å². The molecule has 1 aromatic heterocycles. The fraction of sp³-hybridized carbons (Fsp3) is 0.818. The molecule has 1 atom stereocenters. The minimum absolute atomic E-state index is 0.661. The molecule has 2 rings (SSSR count). The quantitative estimate of drug-likeness (QED) is 0.825. The van der Waals surface area contributed by atoms with E-state index in [1.54, 1.807) is 0 Å². The molecule has 2 heterocycles. The van der Waals surface area contributed by atoms with E-state index in [0.29, 0.717) is 6.04 Å². The van der Waals surface area contributed by atoms with Crippen molar-refractivity contribution in [2.24, 2.45) is 0 Å². The molecule has 5 heteroatoms. The van der Waals surface area contributed by atoms with Crippen molar-refractivity contribution < 1.29 is 4.63 Å². The van der Waals surface area contributed by atoms with E-state index in [-0.39, 0.29) is 0 Å². The van der Waals surface area contributed by atoms with Crippen molar-refractivity contribution in [2.45, 2.75) is 38.8 Å². The summed E-state index contributed by atoms with van der Waals surface area (Å²) in [6, 6.07) is 0.661. The van der Waals surface area contributed by atoms with Gasteiger partial charge < -0.3 is 10.2 Å². The van der Waals surface area contributed by atoms with Crippen LogP contribution < -0.4 is 5.32 Å². The number of likely N-dealkylation sites (tertiary alicyclic amines) is 1. The third-order valence-corrected chi connectivity index (χ3v) is 3.34. The Morgan fingerprint density at radius 2 is 2.31 bits per heavy atom. The topological polar surface area (TPSA) is 54.2 Å². The largest absolute Gasteiger partial charge is 0.309 e. The minimum atomic E-state index is 0.661. The molecular formula is C11H20N4O. The van der Waals surface area contributed by atoms with E-state index < -0.39 is 0 Å². The molecule has 1 N–H and O–H groups in total. The van der Waals surface area contributed by atoms with Gasteiger partial charge in [-0.1, -0.05) is 16.7 Å². The summed E-state index contributed by atoms with van der Waals surface area (Å²) in [5.41, 5.74) is 1.79. The molecule has 0 spiro atoms. The molecule has 1 saturated heterocycles. The van der Waals surface area contributed by atoms with Gasteiger partial charge in [0.05, 0.1) is 0 Å². The van der Waals surface area contributed by atoms with E-state index in [4.69, 9.17) is 0 Å². The molecule has 90 valence electrons. The zero-order valence-electron chi connectivity index (χ0n) is 10.1. The Balaban J connectivity index is 1.73. The van der Waals surface area contributed by atoms with Crippen molar-refractivity contribution in [3.8, 4) is 0 Å². The highest BCUT2D eigenvalue weighted by Gasteiger charge is 2.18. The SMILES string of the molecule is Cc1nonc1CNCC1CCCCN1C. The second-order valence-electron chi connectivity index (χ2n) is 4.56. The number of rotatable bonds is 4. The van der Waals surface area contributed by atoms with Crippen LogP contribution in [0.1, 0.15) is 30.7 Å². The highest BCUT2D eigenvalue weighted by Crippen LogP contribution is 2.14. The van der Waals surface area contributed by atoms with Crippen LogP contribution in [0.15, 0.2) is 4.63 Å². The van der Waals surface area contributed by atoms with Crippen LogP contribution >= 0.6 is 0 Å². The molecule has 0 amide bonds. The van der Waals surface area contributed by atoms with Crippen LogP contribution in [0.25, 0.3) is 0 Å². The van der Waals surface area contributed by atoms with E-state index in [1.165, 1.54) is 25.8 Å². The summed E-state index contributed by atoms with van der Waals surface area (Å²) in [6.45, 7) is 4.90. The molecule has 0 radical (unpaired) electrons. The van der Waals surface area contributed by atoms with E-state index in [0.717, 1.165) is 24.5 Å². The van der Waals surface area contributed by atoms with Crippen LogP contribution in [-0.2, 0) is 6.54 Å². The fourth-order valence-corrected chi connectivity index (χ4v) is 2.17. The van der Waals surface area contributed by atoms with Gasteiger partial charge in [-0.15, -0.1) is 0 Å². The van der Waals surface area contributed by atoms with Crippen LogP contribution in [0.2, 0.25) is 0 Å². The van der Waals surface area contributed by atoms with Gasteiger partial charge in [-0.2, -0.15) is 0 Å². The van der Waals surface area contributed by atoms with Crippen LogP contribution in [-0.4, -0.2) is 41.4 Å². The standard InChI is InChI=1S/C11H20N4O/c1-9-11(14-16-13-9)8-12-7-10-5-3-4-6-15(10)2/h10,12H,3-8H2,1-2H3. The average Bonchev–Trinajstić information content (AvgIpc) is 2.67. The Bertz CT molecular complexity index is 326. The highest BCUT2D eigenvalue weighted by molar-refractivity contribution is 5.03. The van der Waals surface area contributed by atoms with E-state index in [2.05, 4.69) is 32.2 Å². The second-order valence-corrected chi connectivity index (χ2v) is 4.56. The van der Waals surface area contributed by atoms with Gasteiger partial charge in [0.25, 0.3) is 0 Å². The van der Waals surface area contributed by atoms with Gasteiger partial charge in [0.1, 0.15) is 11.4 Å². The summed E-state index contributed by atoms with van der Waals surface area (Å²) in [6.07, 6.45) is 3.97. The Labute approximate surface area is 96.2 Å². The molecule has 1 aromatic rings. The van der Waals surface area contributed by atoms with Crippen molar-refractivity contribution in [2.75, 3.05) is 20.1 Å². The first kappa shape index (κ1) is 11.5. The van der Waals surface area contributed by atoms with Gasteiger partial charge in [-0.25, -0.2) is 4.63 Å². The maximum Gasteiger partial charge on any atom is 0.121 e. The molecule has 1 aliphatic heterocycles. The molecule has 0 aromatic carbocycles. The molecule has 16 heavy (non-hydrogen) atoms. The third kappa shape index (κ3) is 2.80. The lowest BCUT2D eigenvalue weighted by atomic mass is 10.0. The molecule has 0 saturated carbocycles. The Kier molecular flexibility index (Phi) is 3.90. The van der Waals surface area contributed by atoms with Crippen LogP contribution in [0.5, 0.6) is 0 Å². The number of likely N-dealkylation sites (N-methyl/N-ethyl adjacent to an activating group) is 1. The summed E-state index contributed by atoms with van der Waals surface area (Å²) in [7, 11) is 2.20. The van der Waals surface area contributed by atoms with Gasteiger partial charge >= 0.3 is 0 Å². The number of nitrogens with one attached hydrogen (secondary N) is 1. The number of hydrogen-bond acceptors (Lipinski definition) is 5.